The third-order valence-electron chi connectivity index (χ3n) is 1.02. The lowest BCUT2D eigenvalue weighted by atomic mass is 10.6. The molecule has 4 N–H and O–H groups in total. The molecule has 6 nitrogen and oxygen atoms in total. The van der Waals surface area contributed by atoms with Crippen molar-refractivity contribution in [3.8, 4) is 0 Å². The fourth-order valence-electron chi connectivity index (χ4n) is 0.448. The molecule has 0 aromatic rings. The minimum atomic E-state index is -0.607. The van der Waals surface area contributed by atoms with E-state index in [1.807, 2.05) is 0 Å². The smallest absolute Gasteiger partial charge is 0.321 e. The summed E-state index contributed by atoms with van der Waals surface area (Å²) in [5, 5.41) is 27.4. The molecule has 0 bridgehead atoms. The molecule has 2 amide bonds. The zero-order valence-corrected chi connectivity index (χ0v) is 6.03. The normalized spacial score (nSPS) is 9.36. The Morgan fingerprint density at radius 1 is 1.27 bits per heavy atom. The molecule has 0 radical (unpaired) electrons. The summed E-state index contributed by atoms with van der Waals surface area (Å²) in [4.78, 5) is 11.5. The molecule has 0 heterocycles. The molecule has 0 saturated carbocycles. The van der Waals surface area contributed by atoms with Gasteiger partial charge in [0.1, 0.15) is 13.5 Å². The Morgan fingerprint density at radius 2 is 1.82 bits per heavy atom. The summed E-state index contributed by atoms with van der Waals surface area (Å²) in [6.45, 7) is -1.16. The molecule has 0 unspecified atom stereocenters. The van der Waals surface area contributed by atoms with Gasteiger partial charge >= 0.3 is 6.03 Å². The van der Waals surface area contributed by atoms with Crippen LogP contribution in [0.2, 0.25) is 0 Å². The van der Waals surface area contributed by atoms with Gasteiger partial charge < -0.3 is 20.6 Å². The lowest BCUT2D eigenvalue weighted by molar-refractivity contribution is 0.0563. The van der Waals surface area contributed by atoms with Gasteiger partial charge in [-0.1, -0.05) is 0 Å². The van der Waals surface area contributed by atoms with Crippen LogP contribution < -0.4 is 5.32 Å². The number of carbonyl (C=O) groups is 1. The first-order valence-corrected chi connectivity index (χ1v) is 3.11. The van der Waals surface area contributed by atoms with Crippen molar-refractivity contribution in [2.45, 2.75) is 0 Å². The summed E-state index contributed by atoms with van der Waals surface area (Å²) in [5.74, 6) is 0. The first-order valence-electron chi connectivity index (χ1n) is 3.11. The van der Waals surface area contributed by atoms with Crippen molar-refractivity contribution < 1.29 is 20.1 Å². The molecule has 0 atom stereocenters. The van der Waals surface area contributed by atoms with Gasteiger partial charge in [0, 0.05) is 6.54 Å². The third kappa shape index (κ3) is 3.76. The van der Waals surface area contributed by atoms with E-state index < -0.39 is 19.5 Å². The first kappa shape index (κ1) is 10.2. The lowest BCUT2D eigenvalue weighted by Crippen LogP contribution is -2.41. The Hall–Kier alpha value is -0.850. The molecule has 0 rings (SSSR count). The molecule has 0 aliphatic heterocycles. The van der Waals surface area contributed by atoms with Gasteiger partial charge in [-0.25, -0.2) is 4.79 Å². The minimum absolute atomic E-state index is 0.106. The van der Waals surface area contributed by atoms with Gasteiger partial charge in [-0.15, -0.1) is 0 Å². The molecule has 0 aromatic heterocycles. The van der Waals surface area contributed by atoms with Crippen molar-refractivity contribution in [2.24, 2.45) is 0 Å². The predicted octanol–water partition coefficient (Wildman–Crippen LogP) is -2.11. The van der Waals surface area contributed by atoms with Crippen LogP contribution in [-0.4, -0.2) is 52.9 Å². The lowest BCUT2D eigenvalue weighted by Gasteiger charge is -2.16. The summed E-state index contributed by atoms with van der Waals surface area (Å²) in [6.07, 6.45) is 0. The van der Waals surface area contributed by atoms with E-state index in [9.17, 15) is 4.79 Å². The molecule has 0 fully saturated rings. The maximum atomic E-state index is 10.7. The van der Waals surface area contributed by atoms with Gasteiger partial charge in [-0.05, 0) is 0 Å². The van der Waals surface area contributed by atoms with E-state index in [4.69, 9.17) is 15.3 Å². The second-order valence-electron chi connectivity index (χ2n) is 1.78. The number of urea groups is 1. The monoisotopic (exact) mass is 164 g/mol. The zero-order valence-electron chi connectivity index (χ0n) is 6.03. The highest BCUT2D eigenvalue weighted by atomic mass is 16.3. The standard InChI is InChI=1S/C5H12N2O4/c8-2-1-6-5(11)7(3-9)4-10/h8-10H,1-4H2,(H,6,11). The minimum Gasteiger partial charge on any atom is -0.395 e. The Bertz CT molecular complexity index is 115. The van der Waals surface area contributed by atoms with Crippen LogP contribution in [0.1, 0.15) is 0 Å². The molecule has 0 aromatic carbocycles. The number of rotatable bonds is 4. The van der Waals surface area contributed by atoms with Crippen LogP contribution in [0.3, 0.4) is 0 Å². The highest BCUT2D eigenvalue weighted by molar-refractivity contribution is 5.73. The average Bonchev–Trinajstić information content (AvgIpc) is 2.03. The van der Waals surface area contributed by atoms with Crippen molar-refractivity contribution >= 4 is 6.03 Å². The maximum absolute atomic E-state index is 10.7. The predicted molar refractivity (Wildman–Crippen MR) is 36.5 cm³/mol. The molecule has 0 aliphatic carbocycles. The van der Waals surface area contributed by atoms with Crippen LogP contribution in [0.4, 0.5) is 4.79 Å². The van der Waals surface area contributed by atoms with Crippen molar-refractivity contribution in [3.05, 3.63) is 0 Å². The van der Waals surface area contributed by atoms with Crippen LogP contribution in [-0.2, 0) is 0 Å². The van der Waals surface area contributed by atoms with E-state index in [0.29, 0.717) is 0 Å². The third-order valence-corrected chi connectivity index (χ3v) is 1.02. The highest BCUT2D eigenvalue weighted by Gasteiger charge is 2.08. The van der Waals surface area contributed by atoms with E-state index in [1.54, 1.807) is 0 Å². The summed E-state index contributed by atoms with van der Waals surface area (Å²) in [7, 11) is 0. The van der Waals surface area contributed by atoms with Gasteiger partial charge in [0.15, 0.2) is 0 Å². The molecule has 6 heteroatoms. The van der Waals surface area contributed by atoms with Crippen molar-refractivity contribution in [2.75, 3.05) is 26.6 Å². The first-order chi connectivity index (χ1) is 5.26. The van der Waals surface area contributed by atoms with Crippen molar-refractivity contribution in [1.82, 2.24) is 10.2 Å². The Kier molecular flexibility index (Phi) is 5.44. The number of carbonyl (C=O) groups excluding carboxylic acids is 1. The number of aliphatic hydroxyl groups excluding tert-OH is 3. The molecule has 0 spiro atoms. The van der Waals surface area contributed by atoms with Crippen molar-refractivity contribution in [3.63, 3.8) is 0 Å². The SMILES string of the molecule is O=C(NCCO)N(CO)CO. The fourth-order valence-corrected chi connectivity index (χ4v) is 0.448. The van der Waals surface area contributed by atoms with Crippen molar-refractivity contribution in [1.29, 1.82) is 0 Å². The topological polar surface area (TPSA) is 93.0 Å². The molecule has 0 aliphatic rings. The van der Waals surface area contributed by atoms with E-state index >= 15 is 0 Å². The van der Waals surface area contributed by atoms with E-state index in [1.165, 1.54) is 0 Å². The number of hydrogen-bond donors (Lipinski definition) is 4. The fraction of sp³-hybridized carbons (Fsp3) is 0.800. The van der Waals surface area contributed by atoms with Crippen LogP contribution in [0.15, 0.2) is 0 Å². The summed E-state index contributed by atoms with van der Waals surface area (Å²) < 4.78 is 0. The number of nitrogens with one attached hydrogen (secondary N) is 1. The Labute approximate surface area is 64.1 Å². The Morgan fingerprint density at radius 3 is 2.18 bits per heavy atom. The zero-order chi connectivity index (χ0) is 8.69. The second-order valence-corrected chi connectivity index (χ2v) is 1.78. The van der Waals surface area contributed by atoms with Gasteiger partial charge in [0.25, 0.3) is 0 Å². The van der Waals surface area contributed by atoms with Crippen LogP contribution in [0.25, 0.3) is 0 Å². The van der Waals surface area contributed by atoms with Gasteiger partial charge in [-0.2, -0.15) is 0 Å². The van der Waals surface area contributed by atoms with E-state index in [2.05, 4.69) is 5.32 Å². The van der Waals surface area contributed by atoms with Gasteiger partial charge in [-0.3, -0.25) is 4.90 Å². The van der Waals surface area contributed by atoms with E-state index in [-0.39, 0.29) is 13.2 Å². The Balaban J connectivity index is 3.61. The summed E-state index contributed by atoms with van der Waals surface area (Å²) in [6, 6.07) is -0.607. The molecular formula is C5H12N2O4. The summed E-state index contributed by atoms with van der Waals surface area (Å²) >= 11 is 0. The van der Waals surface area contributed by atoms with Gasteiger partial charge in [0.2, 0.25) is 0 Å². The maximum Gasteiger partial charge on any atom is 0.321 e. The molecule has 0 saturated heterocycles. The number of amides is 2. The molecular weight excluding hydrogens is 152 g/mol. The number of nitrogens with zero attached hydrogens (tertiary/aromatic N) is 1. The van der Waals surface area contributed by atoms with Crippen LogP contribution in [0, 0.1) is 0 Å². The van der Waals surface area contributed by atoms with E-state index in [0.717, 1.165) is 4.90 Å². The summed E-state index contributed by atoms with van der Waals surface area (Å²) in [5.41, 5.74) is 0. The largest absolute Gasteiger partial charge is 0.395 e. The molecule has 66 valence electrons. The number of hydrogen-bond acceptors (Lipinski definition) is 4. The van der Waals surface area contributed by atoms with Crippen LogP contribution >= 0.6 is 0 Å². The van der Waals surface area contributed by atoms with Gasteiger partial charge in [0.05, 0.1) is 6.61 Å². The average molecular weight is 164 g/mol. The number of aliphatic hydroxyl groups is 3. The highest BCUT2D eigenvalue weighted by Crippen LogP contribution is 1.83. The quantitative estimate of drug-likeness (QED) is 0.358. The van der Waals surface area contributed by atoms with Crippen LogP contribution in [0.5, 0.6) is 0 Å². The second kappa shape index (κ2) is 5.90. The molecule has 11 heavy (non-hydrogen) atoms.